The van der Waals surface area contributed by atoms with Crippen LogP contribution in [0.25, 0.3) is 11.0 Å². The summed E-state index contributed by atoms with van der Waals surface area (Å²) in [7, 11) is 1.65. The third kappa shape index (κ3) is 3.64. The van der Waals surface area contributed by atoms with E-state index in [1.165, 1.54) is 27.3 Å². The van der Waals surface area contributed by atoms with Crippen LogP contribution < -0.4 is 16.7 Å². The minimum Gasteiger partial charge on any atom is -0.397 e. The summed E-state index contributed by atoms with van der Waals surface area (Å²) in [5.74, 6) is -0.519. The van der Waals surface area contributed by atoms with E-state index < -0.39 is 10.8 Å². The predicted octanol–water partition coefficient (Wildman–Crippen LogP) is 3.13. The van der Waals surface area contributed by atoms with Crippen molar-refractivity contribution in [3.05, 3.63) is 98.5 Å². The van der Waals surface area contributed by atoms with Gasteiger partial charge in [0.2, 0.25) is 0 Å². The number of nitro benzene ring substituents is 1. The average molecular weight is 417 g/mol. The molecule has 3 N–H and O–H groups in total. The molecule has 0 aliphatic carbocycles. The number of nitro groups is 1. The van der Waals surface area contributed by atoms with Gasteiger partial charge in [-0.05, 0) is 36.4 Å². The number of nitrogens with two attached hydrogens (primary N) is 1. The lowest BCUT2D eigenvalue weighted by Crippen LogP contribution is -2.23. The number of aryl methyl sites for hydroxylation is 1. The molecule has 31 heavy (non-hydrogen) atoms. The zero-order chi connectivity index (χ0) is 22.1. The van der Waals surface area contributed by atoms with Gasteiger partial charge in [0, 0.05) is 24.2 Å². The first kappa shape index (κ1) is 19.9. The second-order valence-electron chi connectivity index (χ2n) is 7.06. The lowest BCUT2D eigenvalue weighted by molar-refractivity contribution is -0.385. The van der Waals surface area contributed by atoms with Crippen LogP contribution in [0, 0.1) is 10.1 Å². The molecule has 1 heterocycles. The standard InChI is InChI=1S/C22H19N5O4/c1-25-18-8-4-5-9-19(18)26(22(25)29)13-15-11-10-14(12-20(15)27(30)31)21(28)24-17-7-3-2-6-16(17)23/h2-12H,13,23H2,1H3,(H,24,28). The van der Waals surface area contributed by atoms with Crippen molar-refractivity contribution in [2.75, 3.05) is 11.1 Å². The number of anilines is 2. The molecule has 4 aromatic rings. The number of fused-ring (bicyclic) bond motifs is 1. The van der Waals surface area contributed by atoms with Crippen LogP contribution in [0.5, 0.6) is 0 Å². The van der Waals surface area contributed by atoms with Gasteiger partial charge in [0.25, 0.3) is 11.6 Å². The van der Waals surface area contributed by atoms with Crippen LogP contribution in [0.3, 0.4) is 0 Å². The van der Waals surface area contributed by atoms with Crippen molar-refractivity contribution in [1.82, 2.24) is 9.13 Å². The minimum absolute atomic E-state index is 0.00400. The quantitative estimate of drug-likeness (QED) is 0.293. The number of nitrogens with zero attached hydrogens (tertiary/aromatic N) is 3. The van der Waals surface area contributed by atoms with Gasteiger partial charge >= 0.3 is 5.69 Å². The Morgan fingerprint density at radius 1 is 1.06 bits per heavy atom. The SMILES string of the molecule is Cn1c(=O)n(Cc2ccc(C(=O)Nc3ccccc3N)cc2[N+](=O)[O-])c2ccccc21. The molecule has 0 unspecified atom stereocenters. The van der Waals surface area contributed by atoms with Crippen LogP contribution in [0.4, 0.5) is 17.1 Å². The fraction of sp³-hybridized carbons (Fsp3) is 0.0909. The zero-order valence-electron chi connectivity index (χ0n) is 16.6. The third-order valence-corrected chi connectivity index (χ3v) is 5.13. The number of imidazole rings is 1. The number of rotatable bonds is 5. The topological polar surface area (TPSA) is 125 Å². The summed E-state index contributed by atoms with van der Waals surface area (Å²) < 4.78 is 2.97. The summed E-state index contributed by atoms with van der Waals surface area (Å²) in [5, 5.41) is 14.4. The van der Waals surface area contributed by atoms with Crippen molar-refractivity contribution in [2.45, 2.75) is 6.54 Å². The Morgan fingerprint density at radius 2 is 1.74 bits per heavy atom. The summed E-state index contributed by atoms with van der Waals surface area (Å²) in [6, 6.07) is 18.2. The first-order valence-corrected chi connectivity index (χ1v) is 9.44. The summed E-state index contributed by atoms with van der Waals surface area (Å²) in [4.78, 5) is 36.4. The number of para-hydroxylation sites is 4. The van der Waals surface area contributed by atoms with Crippen LogP contribution in [-0.4, -0.2) is 20.0 Å². The molecular weight excluding hydrogens is 398 g/mol. The molecule has 9 heteroatoms. The van der Waals surface area contributed by atoms with Crippen molar-refractivity contribution in [3.63, 3.8) is 0 Å². The molecule has 3 aromatic carbocycles. The molecular formula is C22H19N5O4. The Balaban J connectivity index is 1.70. The highest BCUT2D eigenvalue weighted by molar-refractivity contribution is 6.06. The Morgan fingerprint density at radius 3 is 2.45 bits per heavy atom. The molecule has 0 aliphatic heterocycles. The molecule has 0 atom stereocenters. The summed E-state index contributed by atoms with van der Waals surface area (Å²) >= 11 is 0. The second kappa shape index (κ2) is 7.79. The van der Waals surface area contributed by atoms with E-state index in [0.29, 0.717) is 22.5 Å². The van der Waals surface area contributed by atoms with Gasteiger partial charge in [-0.2, -0.15) is 0 Å². The normalized spacial score (nSPS) is 10.9. The molecule has 0 radical (unpaired) electrons. The number of carbonyl (C=O) groups is 1. The molecule has 156 valence electrons. The van der Waals surface area contributed by atoms with E-state index in [4.69, 9.17) is 5.73 Å². The largest absolute Gasteiger partial charge is 0.397 e. The highest BCUT2D eigenvalue weighted by atomic mass is 16.6. The van der Waals surface area contributed by atoms with Crippen molar-refractivity contribution >= 4 is 34.0 Å². The molecule has 0 fully saturated rings. The van der Waals surface area contributed by atoms with E-state index in [1.807, 2.05) is 12.1 Å². The summed E-state index contributed by atoms with van der Waals surface area (Å²) in [6.07, 6.45) is 0. The van der Waals surface area contributed by atoms with E-state index in [0.717, 1.165) is 5.52 Å². The number of amides is 1. The maximum Gasteiger partial charge on any atom is 0.329 e. The van der Waals surface area contributed by atoms with Gasteiger partial charge in [0.05, 0.1) is 33.9 Å². The Bertz CT molecular complexity index is 1390. The maximum absolute atomic E-state index is 12.7. The van der Waals surface area contributed by atoms with E-state index in [-0.39, 0.29) is 23.5 Å². The van der Waals surface area contributed by atoms with Crippen LogP contribution in [0.15, 0.2) is 71.5 Å². The van der Waals surface area contributed by atoms with E-state index in [1.54, 1.807) is 43.4 Å². The van der Waals surface area contributed by atoms with Crippen LogP contribution in [0.2, 0.25) is 0 Å². The lowest BCUT2D eigenvalue weighted by atomic mass is 10.1. The summed E-state index contributed by atoms with van der Waals surface area (Å²) in [6.45, 7) is 0.00400. The fourth-order valence-electron chi connectivity index (χ4n) is 3.50. The van der Waals surface area contributed by atoms with Gasteiger partial charge in [-0.3, -0.25) is 24.0 Å². The zero-order valence-corrected chi connectivity index (χ0v) is 16.6. The molecule has 1 amide bonds. The molecule has 0 saturated carbocycles. The lowest BCUT2D eigenvalue weighted by Gasteiger charge is -2.09. The Hall–Kier alpha value is -4.40. The minimum atomic E-state index is -0.556. The molecule has 0 spiro atoms. The van der Waals surface area contributed by atoms with E-state index in [9.17, 15) is 19.7 Å². The van der Waals surface area contributed by atoms with Crippen molar-refractivity contribution in [2.24, 2.45) is 7.05 Å². The fourth-order valence-corrected chi connectivity index (χ4v) is 3.50. The molecule has 0 aliphatic rings. The number of benzene rings is 3. The predicted molar refractivity (Wildman–Crippen MR) is 118 cm³/mol. The van der Waals surface area contributed by atoms with Crippen molar-refractivity contribution in [3.8, 4) is 0 Å². The van der Waals surface area contributed by atoms with Crippen molar-refractivity contribution in [1.29, 1.82) is 0 Å². The highest BCUT2D eigenvalue weighted by Crippen LogP contribution is 2.24. The number of aromatic nitrogens is 2. The van der Waals surface area contributed by atoms with Gasteiger partial charge in [-0.15, -0.1) is 0 Å². The van der Waals surface area contributed by atoms with Gasteiger partial charge in [0.15, 0.2) is 0 Å². The highest BCUT2D eigenvalue weighted by Gasteiger charge is 2.20. The Kier molecular flexibility index (Phi) is 5.00. The van der Waals surface area contributed by atoms with Crippen LogP contribution in [0.1, 0.15) is 15.9 Å². The van der Waals surface area contributed by atoms with Gasteiger partial charge in [-0.1, -0.05) is 24.3 Å². The number of hydrogen-bond acceptors (Lipinski definition) is 5. The first-order valence-electron chi connectivity index (χ1n) is 9.44. The molecule has 0 bridgehead atoms. The number of nitrogen functional groups attached to an aromatic ring is 1. The summed E-state index contributed by atoms with van der Waals surface area (Å²) in [5.41, 5.74) is 7.95. The second-order valence-corrected chi connectivity index (χ2v) is 7.06. The van der Waals surface area contributed by atoms with Crippen LogP contribution in [-0.2, 0) is 13.6 Å². The first-order chi connectivity index (χ1) is 14.9. The van der Waals surface area contributed by atoms with Crippen molar-refractivity contribution < 1.29 is 9.72 Å². The van der Waals surface area contributed by atoms with Gasteiger partial charge in [0.1, 0.15) is 0 Å². The molecule has 9 nitrogen and oxygen atoms in total. The van der Waals surface area contributed by atoms with E-state index >= 15 is 0 Å². The smallest absolute Gasteiger partial charge is 0.329 e. The third-order valence-electron chi connectivity index (χ3n) is 5.13. The average Bonchev–Trinajstić information content (AvgIpc) is 3.00. The molecule has 4 rings (SSSR count). The van der Waals surface area contributed by atoms with E-state index in [2.05, 4.69) is 5.32 Å². The Labute approximate surface area is 176 Å². The van der Waals surface area contributed by atoms with Gasteiger partial charge in [-0.25, -0.2) is 4.79 Å². The number of nitrogens with one attached hydrogen (secondary N) is 1. The number of hydrogen-bond donors (Lipinski definition) is 2. The number of carbonyl (C=O) groups excluding carboxylic acids is 1. The molecule has 0 saturated heterocycles. The molecule has 1 aromatic heterocycles. The van der Waals surface area contributed by atoms with Crippen LogP contribution >= 0.6 is 0 Å². The monoisotopic (exact) mass is 417 g/mol. The maximum atomic E-state index is 12.7. The van der Waals surface area contributed by atoms with Gasteiger partial charge < -0.3 is 11.1 Å².